The number of benzene rings is 2. The van der Waals surface area contributed by atoms with E-state index in [0.717, 1.165) is 32.8 Å². The Hall–Kier alpha value is -0.560. The van der Waals surface area contributed by atoms with Gasteiger partial charge in [-0.05, 0) is 74.5 Å². The SMILES string of the molecule is Brc1ccc(CCC(Cn2ccnc2)Sc2c(Br)cccc2Br)cc1. The van der Waals surface area contributed by atoms with E-state index < -0.39 is 0 Å². The van der Waals surface area contributed by atoms with Crippen molar-refractivity contribution in [2.45, 2.75) is 29.5 Å². The van der Waals surface area contributed by atoms with Crippen LogP contribution in [-0.4, -0.2) is 14.8 Å². The Morgan fingerprint density at radius 3 is 2.36 bits per heavy atom. The minimum absolute atomic E-state index is 0.452. The molecule has 0 saturated carbocycles. The van der Waals surface area contributed by atoms with Gasteiger partial charge in [0.1, 0.15) is 0 Å². The van der Waals surface area contributed by atoms with E-state index >= 15 is 0 Å². The van der Waals surface area contributed by atoms with Crippen molar-refractivity contribution >= 4 is 59.6 Å². The molecule has 1 heterocycles. The molecule has 0 aliphatic rings. The van der Waals surface area contributed by atoms with E-state index in [1.165, 1.54) is 10.5 Å². The number of aromatic nitrogens is 2. The molecule has 2 nitrogen and oxygen atoms in total. The monoisotopic (exact) mass is 542 g/mol. The van der Waals surface area contributed by atoms with Gasteiger partial charge in [0.25, 0.3) is 0 Å². The third kappa shape index (κ3) is 5.71. The molecule has 0 amide bonds. The summed E-state index contributed by atoms with van der Waals surface area (Å²) in [4.78, 5) is 5.43. The first-order chi connectivity index (χ1) is 12.1. The van der Waals surface area contributed by atoms with Crippen LogP contribution in [0.3, 0.4) is 0 Å². The molecule has 1 unspecified atom stereocenters. The quantitative estimate of drug-likeness (QED) is 0.299. The predicted octanol–water partition coefficient (Wildman–Crippen LogP) is 6.96. The zero-order valence-corrected chi connectivity index (χ0v) is 19.0. The van der Waals surface area contributed by atoms with Crippen LogP contribution in [0.15, 0.2) is 79.5 Å². The molecule has 0 fully saturated rings. The predicted molar refractivity (Wildman–Crippen MR) is 116 cm³/mol. The molecular formula is C19H17Br3N2S. The lowest BCUT2D eigenvalue weighted by Gasteiger charge is -2.19. The summed E-state index contributed by atoms with van der Waals surface area (Å²) in [6.45, 7) is 0.939. The summed E-state index contributed by atoms with van der Waals surface area (Å²) in [5.74, 6) is 0. The minimum atomic E-state index is 0.452. The van der Waals surface area contributed by atoms with Crippen LogP contribution in [0.25, 0.3) is 0 Å². The van der Waals surface area contributed by atoms with E-state index in [1.807, 2.05) is 36.5 Å². The Morgan fingerprint density at radius 1 is 1.00 bits per heavy atom. The Morgan fingerprint density at radius 2 is 1.72 bits per heavy atom. The Bertz CT molecular complexity index is 784. The summed E-state index contributed by atoms with van der Waals surface area (Å²) in [5, 5.41) is 0.452. The number of imidazole rings is 1. The molecule has 6 heteroatoms. The second-order valence-electron chi connectivity index (χ2n) is 5.72. The van der Waals surface area contributed by atoms with E-state index in [4.69, 9.17) is 0 Å². The molecule has 0 bridgehead atoms. The third-order valence-electron chi connectivity index (χ3n) is 3.85. The summed E-state index contributed by atoms with van der Waals surface area (Å²) in [6, 6.07) is 14.8. The normalized spacial score (nSPS) is 12.3. The number of hydrogen-bond acceptors (Lipinski definition) is 2. The molecule has 0 saturated heterocycles. The number of thioether (sulfide) groups is 1. The third-order valence-corrected chi connectivity index (χ3v) is 7.61. The standard InChI is InChI=1S/C19H17Br3N2S/c20-15-7-4-14(5-8-15)6-9-16(12-24-11-10-23-13-24)25-19-17(21)2-1-3-18(19)22/h1-5,7-8,10-11,13,16H,6,9,12H2. The highest BCUT2D eigenvalue weighted by atomic mass is 79.9. The fraction of sp³-hybridized carbons (Fsp3) is 0.211. The number of nitrogens with zero attached hydrogens (tertiary/aromatic N) is 2. The van der Waals surface area contributed by atoms with Crippen LogP contribution < -0.4 is 0 Å². The van der Waals surface area contributed by atoms with E-state index in [1.54, 1.807) is 0 Å². The van der Waals surface area contributed by atoms with E-state index in [0.29, 0.717) is 5.25 Å². The fourth-order valence-electron chi connectivity index (χ4n) is 2.56. The summed E-state index contributed by atoms with van der Waals surface area (Å²) >= 11 is 12.8. The van der Waals surface area contributed by atoms with Gasteiger partial charge in [-0.15, -0.1) is 11.8 Å². The largest absolute Gasteiger partial charge is 0.336 e. The van der Waals surface area contributed by atoms with Gasteiger partial charge in [-0.2, -0.15) is 0 Å². The van der Waals surface area contributed by atoms with Crippen LogP contribution in [0.5, 0.6) is 0 Å². The minimum Gasteiger partial charge on any atom is -0.336 e. The van der Waals surface area contributed by atoms with Crippen molar-refractivity contribution in [2.24, 2.45) is 0 Å². The summed E-state index contributed by atoms with van der Waals surface area (Å²) in [7, 11) is 0. The molecule has 0 aliphatic heterocycles. The molecule has 1 atom stereocenters. The second kappa shape index (κ2) is 9.40. The summed E-state index contributed by atoms with van der Waals surface area (Å²) in [6.07, 6.45) is 7.91. The van der Waals surface area contributed by atoms with Crippen molar-refractivity contribution in [3.63, 3.8) is 0 Å². The zero-order chi connectivity index (χ0) is 17.6. The lowest BCUT2D eigenvalue weighted by atomic mass is 10.1. The van der Waals surface area contributed by atoms with Crippen LogP contribution in [0.2, 0.25) is 0 Å². The topological polar surface area (TPSA) is 17.8 Å². The van der Waals surface area contributed by atoms with Gasteiger partial charge in [0, 0.05) is 42.5 Å². The lowest BCUT2D eigenvalue weighted by molar-refractivity contribution is 0.624. The Balaban J connectivity index is 1.73. The molecular weight excluding hydrogens is 528 g/mol. The number of hydrogen-bond donors (Lipinski definition) is 0. The molecule has 1 aromatic heterocycles. The fourth-order valence-corrected chi connectivity index (χ4v) is 5.56. The van der Waals surface area contributed by atoms with Gasteiger partial charge in [0.05, 0.1) is 6.33 Å². The number of aryl methyl sites for hydroxylation is 1. The molecule has 0 spiro atoms. The molecule has 3 rings (SSSR count). The Kier molecular flexibility index (Phi) is 7.22. The molecule has 130 valence electrons. The van der Waals surface area contributed by atoms with Gasteiger partial charge in [0.2, 0.25) is 0 Å². The molecule has 0 radical (unpaired) electrons. The maximum absolute atomic E-state index is 4.18. The van der Waals surface area contributed by atoms with E-state index in [9.17, 15) is 0 Å². The van der Waals surface area contributed by atoms with Crippen LogP contribution in [0.4, 0.5) is 0 Å². The smallest absolute Gasteiger partial charge is 0.0946 e. The highest BCUT2D eigenvalue weighted by Crippen LogP contribution is 2.38. The van der Waals surface area contributed by atoms with Crippen molar-refractivity contribution < 1.29 is 0 Å². The van der Waals surface area contributed by atoms with Gasteiger partial charge >= 0.3 is 0 Å². The first kappa shape index (κ1) is 19.2. The van der Waals surface area contributed by atoms with Crippen molar-refractivity contribution in [1.82, 2.24) is 9.55 Å². The molecule has 0 aliphatic carbocycles. The lowest BCUT2D eigenvalue weighted by Crippen LogP contribution is -2.13. The van der Waals surface area contributed by atoms with Crippen molar-refractivity contribution in [2.75, 3.05) is 0 Å². The maximum atomic E-state index is 4.18. The molecule has 3 aromatic rings. The van der Waals surface area contributed by atoms with E-state index in [2.05, 4.69) is 93.7 Å². The number of halogens is 3. The van der Waals surface area contributed by atoms with Gasteiger partial charge < -0.3 is 4.57 Å². The Labute approximate surface area is 177 Å². The second-order valence-corrected chi connectivity index (χ2v) is 9.65. The zero-order valence-electron chi connectivity index (χ0n) is 13.4. The highest BCUT2D eigenvalue weighted by Gasteiger charge is 2.16. The van der Waals surface area contributed by atoms with Crippen molar-refractivity contribution in [1.29, 1.82) is 0 Å². The first-order valence-corrected chi connectivity index (χ1v) is 11.2. The van der Waals surface area contributed by atoms with Gasteiger partial charge in [-0.25, -0.2) is 4.98 Å². The number of rotatable bonds is 7. The van der Waals surface area contributed by atoms with E-state index in [-0.39, 0.29) is 0 Å². The summed E-state index contributed by atoms with van der Waals surface area (Å²) in [5.41, 5.74) is 1.37. The van der Waals surface area contributed by atoms with Crippen molar-refractivity contribution in [3.8, 4) is 0 Å². The van der Waals surface area contributed by atoms with Crippen LogP contribution >= 0.6 is 59.6 Å². The van der Waals surface area contributed by atoms with Crippen LogP contribution in [0, 0.1) is 0 Å². The highest BCUT2D eigenvalue weighted by molar-refractivity contribution is 9.11. The van der Waals surface area contributed by atoms with Gasteiger partial charge in [0.15, 0.2) is 0 Å². The van der Waals surface area contributed by atoms with Crippen LogP contribution in [-0.2, 0) is 13.0 Å². The molecule has 25 heavy (non-hydrogen) atoms. The average molecular weight is 545 g/mol. The van der Waals surface area contributed by atoms with Gasteiger partial charge in [-0.3, -0.25) is 0 Å². The van der Waals surface area contributed by atoms with Crippen molar-refractivity contribution in [3.05, 3.63) is 80.2 Å². The summed E-state index contributed by atoms with van der Waals surface area (Å²) < 4.78 is 5.54. The maximum Gasteiger partial charge on any atom is 0.0946 e. The van der Waals surface area contributed by atoms with Gasteiger partial charge in [-0.1, -0.05) is 34.1 Å². The first-order valence-electron chi connectivity index (χ1n) is 7.92. The molecule has 0 N–H and O–H groups in total. The molecule has 2 aromatic carbocycles. The average Bonchev–Trinajstić information content (AvgIpc) is 3.10. The van der Waals surface area contributed by atoms with Crippen LogP contribution in [0.1, 0.15) is 12.0 Å².